The molecular formula is C14H21NO2. The number of nitrogens with zero attached hydrogens (tertiary/aromatic N) is 1. The van der Waals surface area contributed by atoms with Crippen molar-refractivity contribution in [1.29, 1.82) is 0 Å². The van der Waals surface area contributed by atoms with Crippen LogP contribution in [0.3, 0.4) is 0 Å². The van der Waals surface area contributed by atoms with Gasteiger partial charge in [-0.15, -0.1) is 0 Å². The predicted molar refractivity (Wildman–Crippen MR) is 69.1 cm³/mol. The first-order valence-corrected chi connectivity index (χ1v) is 6.23. The van der Waals surface area contributed by atoms with Gasteiger partial charge in [-0.05, 0) is 32.4 Å². The highest BCUT2D eigenvalue weighted by Crippen LogP contribution is 2.09. The van der Waals surface area contributed by atoms with Crippen LogP contribution in [-0.4, -0.2) is 30.5 Å². The lowest BCUT2D eigenvalue weighted by molar-refractivity contribution is -0.131. The molecule has 1 amide bonds. The highest BCUT2D eigenvalue weighted by Gasteiger charge is 2.08. The van der Waals surface area contributed by atoms with E-state index in [1.165, 1.54) is 0 Å². The summed E-state index contributed by atoms with van der Waals surface area (Å²) in [5.74, 6) is 1.08. The molecule has 3 nitrogen and oxygen atoms in total. The third-order valence-electron chi connectivity index (χ3n) is 2.66. The van der Waals surface area contributed by atoms with Gasteiger partial charge in [0, 0.05) is 19.5 Å². The Morgan fingerprint density at radius 3 is 2.41 bits per heavy atom. The van der Waals surface area contributed by atoms with Crippen molar-refractivity contribution in [2.75, 3.05) is 19.7 Å². The molecule has 0 N–H and O–H groups in total. The molecule has 0 bridgehead atoms. The predicted octanol–water partition coefficient (Wildman–Crippen LogP) is 2.71. The minimum atomic E-state index is 0.215. The summed E-state index contributed by atoms with van der Waals surface area (Å²) >= 11 is 0. The number of para-hydroxylation sites is 1. The minimum absolute atomic E-state index is 0.215. The van der Waals surface area contributed by atoms with E-state index in [1.54, 1.807) is 0 Å². The van der Waals surface area contributed by atoms with Crippen molar-refractivity contribution in [2.24, 2.45) is 0 Å². The van der Waals surface area contributed by atoms with Gasteiger partial charge in [-0.1, -0.05) is 18.2 Å². The lowest BCUT2D eigenvalue weighted by Crippen LogP contribution is -2.30. The average molecular weight is 235 g/mol. The molecule has 0 aliphatic rings. The van der Waals surface area contributed by atoms with Gasteiger partial charge in [0.1, 0.15) is 5.75 Å². The number of hydrogen-bond donors (Lipinski definition) is 0. The van der Waals surface area contributed by atoms with E-state index in [9.17, 15) is 4.79 Å². The molecule has 0 atom stereocenters. The van der Waals surface area contributed by atoms with Crippen LogP contribution in [0.25, 0.3) is 0 Å². The summed E-state index contributed by atoms with van der Waals surface area (Å²) < 4.78 is 5.53. The maximum atomic E-state index is 11.7. The summed E-state index contributed by atoms with van der Waals surface area (Å²) in [6.45, 7) is 6.17. The van der Waals surface area contributed by atoms with E-state index in [4.69, 9.17) is 4.74 Å². The van der Waals surface area contributed by atoms with E-state index in [2.05, 4.69) is 0 Å². The molecule has 0 spiro atoms. The Hall–Kier alpha value is -1.51. The molecule has 3 heteroatoms. The highest BCUT2D eigenvalue weighted by atomic mass is 16.5. The second kappa shape index (κ2) is 7.71. The van der Waals surface area contributed by atoms with Crippen LogP contribution in [0.4, 0.5) is 0 Å². The Morgan fingerprint density at radius 1 is 1.18 bits per heavy atom. The van der Waals surface area contributed by atoms with Crippen molar-refractivity contribution in [3.8, 4) is 5.75 Å². The first-order chi connectivity index (χ1) is 8.27. The Labute approximate surface area is 103 Å². The first-order valence-electron chi connectivity index (χ1n) is 6.23. The van der Waals surface area contributed by atoms with E-state index < -0.39 is 0 Å². The molecular weight excluding hydrogens is 214 g/mol. The molecule has 0 aliphatic carbocycles. The lowest BCUT2D eigenvalue weighted by Gasteiger charge is -2.18. The molecule has 0 aromatic heterocycles. The number of benzene rings is 1. The van der Waals surface area contributed by atoms with Crippen LogP contribution in [0, 0.1) is 0 Å². The molecule has 1 rings (SSSR count). The Bertz CT molecular complexity index is 320. The number of amides is 1. The summed E-state index contributed by atoms with van der Waals surface area (Å²) in [6, 6.07) is 9.68. The van der Waals surface area contributed by atoms with Crippen molar-refractivity contribution in [1.82, 2.24) is 4.90 Å². The Morgan fingerprint density at radius 2 is 1.82 bits per heavy atom. The van der Waals surface area contributed by atoms with E-state index in [0.717, 1.165) is 25.3 Å². The molecule has 0 radical (unpaired) electrons. The maximum Gasteiger partial charge on any atom is 0.222 e. The van der Waals surface area contributed by atoms with Gasteiger partial charge in [-0.2, -0.15) is 0 Å². The van der Waals surface area contributed by atoms with Crippen molar-refractivity contribution in [3.63, 3.8) is 0 Å². The van der Waals surface area contributed by atoms with Crippen molar-refractivity contribution in [2.45, 2.75) is 26.7 Å². The summed E-state index contributed by atoms with van der Waals surface area (Å²) in [5, 5.41) is 0. The van der Waals surface area contributed by atoms with E-state index in [0.29, 0.717) is 13.0 Å². The van der Waals surface area contributed by atoms with Crippen molar-refractivity contribution < 1.29 is 9.53 Å². The average Bonchev–Trinajstić information content (AvgIpc) is 2.37. The number of carbonyl (C=O) groups is 1. The van der Waals surface area contributed by atoms with Crippen LogP contribution in [0.5, 0.6) is 5.75 Å². The smallest absolute Gasteiger partial charge is 0.222 e. The standard InChI is InChI=1S/C14H21NO2/c1-3-15(4-2)14(16)11-8-12-17-13-9-6-5-7-10-13/h5-7,9-10H,3-4,8,11-12H2,1-2H3. The van der Waals surface area contributed by atoms with Gasteiger partial charge >= 0.3 is 0 Å². The first kappa shape index (κ1) is 13.6. The van der Waals surface area contributed by atoms with Gasteiger partial charge < -0.3 is 9.64 Å². The van der Waals surface area contributed by atoms with Gasteiger partial charge in [0.05, 0.1) is 6.61 Å². The molecule has 0 heterocycles. The molecule has 1 aromatic rings. The molecule has 17 heavy (non-hydrogen) atoms. The zero-order valence-corrected chi connectivity index (χ0v) is 10.7. The van der Waals surface area contributed by atoms with Crippen molar-refractivity contribution >= 4 is 5.91 Å². The quantitative estimate of drug-likeness (QED) is 0.680. The molecule has 0 fully saturated rings. The number of carbonyl (C=O) groups excluding carboxylic acids is 1. The number of rotatable bonds is 7. The van der Waals surface area contributed by atoms with Gasteiger partial charge in [0.25, 0.3) is 0 Å². The molecule has 0 saturated heterocycles. The monoisotopic (exact) mass is 235 g/mol. The van der Waals surface area contributed by atoms with Crippen molar-refractivity contribution in [3.05, 3.63) is 30.3 Å². The molecule has 94 valence electrons. The Balaban J connectivity index is 2.18. The topological polar surface area (TPSA) is 29.5 Å². The van der Waals surface area contributed by atoms with Gasteiger partial charge in [0.2, 0.25) is 5.91 Å². The highest BCUT2D eigenvalue weighted by molar-refractivity contribution is 5.76. The number of ether oxygens (including phenoxy) is 1. The van der Waals surface area contributed by atoms with E-state index in [-0.39, 0.29) is 5.91 Å². The van der Waals surface area contributed by atoms with Crippen LogP contribution in [-0.2, 0) is 4.79 Å². The summed E-state index contributed by atoms with van der Waals surface area (Å²) in [7, 11) is 0. The third-order valence-corrected chi connectivity index (χ3v) is 2.66. The molecule has 0 saturated carbocycles. The second-order valence-electron chi connectivity index (χ2n) is 3.83. The normalized spacial score (nSPS) is 10.0. The fourth-order valence-electron chi connectivity index (χ4n) is 1.66. The number of hydrogen-bond acceptors (Lipinski definition) is 2. The van der Waals surface area contributed by atoms with Crippen LogP contribution in [0.1, 0.15) is 26.7 Å². The second-order valence-corrected chi connectivity index (χ2v) is 3.83. The van der Waals surface area contributed by atoms with E-state index in [1.807, 2.05) is 49.1 Å². The lowest BCUT2D eigenvalue weighted by atomic mass is 10.3. The molecule has 1 aromatic carbocycles. The van der Waals surface area contributed by atoms with Gasteiger partial charge in [-0.25, -0.2) is 0 Å². The summed E-state index contributed by atoms with van der Waals surface area (Å²) in [5.41, 5.74) is 0. The van der Waals surface area contributed by atoms with Crippen LogP contribution < -0.4 is 4.74 Å². The van der Waals surface area contributed by atoms with Crippen LogP contribution in [0.2, 0.25) is 0 Å². The summed E-state index contributed by atoms with van der Waals surface area (Å²) in [4.78, 5) is 13.5. The SMILES string of the molecule is CCN(CC)C(=O)CCCOc1ccccc1. The fraction of sp³-hybridized carbons (Fsp3) is 0.500. The van der Waals surface area contributed by atoms with Gasteiger partial charge in [-0.3, -0.25) is 4.79 Å². The zero-order chi connectivity index (χ0) is 12.5. The molecule has 0 aliphatic heterocycles. The minimum Gasteiger partial charge on any atom is -0.494 e. The maximum absolute atomic E-state index is 11.7. The van der Waals surface area contributed by atoms with Crippen LogP contribution >= 0.6 is 0 Å². The largest absolute Gasteiger partial charge is 0.494 e. The fourth-order valence-corrected chi connectivity index (χ4v) is 1.66. The third kappa shape index (κ3) is 4.89. The molecule has 0 unspecified atom stereocenters. The van der Waals surface area contributed by atoms with Gasteiger partial charge in [0.15, 0.2) is 0 Å². The van der Waals surface area contributed by atoms with Crippen LogP contribution in [0.15, 0.2) is 30.3 Å². The van der Waals surface area contributed by atoms with E-state index >= 15 is 0 Å². The zero-order valence-electron chi connectivity index (χ0n) is 10.7. The Kier molecular flexibility index (Phi) is 6.15. The summed E-state index contributed by atoms with van der Waals surface area (Å²) in [6.07, 6.45) is 1.33.